The summed E-state index contributed by atoms with van der Waals surface area (Å²) in [4.78, 5) is 23.7. The van der Waals surface area contributed by atoms with E-state index in [2.05, 4.69) is 20.8 Å². The van der Waals surface area contributed by atoms with Crippen molar-refractivity contribution >= 4 is 45.7 Å². The third kappa shape index (κ3) is 4.51. The highest BCUT2D eigenvalue weighted by molar-refractivity contribution is 8.01. The number of aromatic nitrogens is 2. The third-order valence-corrected chi connectivity index (χ3v) is 5.54. The predicted molar refractivity (Wildman–Crippen MR) is 91.6 cm³/mol. The lowest BCUT2D eigenvalue weighted by molar-refractivity contribution is -0.122. The number of benzene rings is 1. The summed E-state index contributed by atoms with van der Waals surface area (Å²) in [6.07, 6.45) is 2.95. The molecule has 0 bridgehead atoms. The van der Waals surface area contributed by atoms with Gasteiger partial charge in [0.15, 0.2) is 4.34 Å². The maximum atomic E-state index is 12.8. The van der Waals surface area contributed by atoms with Crippen LogP contribution in [0.2, 0.25) is 0 Å². The number of hydrogen-bond acceptors (Lipinski definition) is 6. The Hall–Kier alpha value is -2.00. The highest BCUT2D eigenvalue weighted by atomic mass is 32.2. The zero-order chi connectivity index (χ0) is 16.9. The van der Waals surface area contributed by atoms with Crippen LogP contribution in [0, 0.1) is 11.7 Å². The first-order valence-corrected chi connectivity index (χ1v) is 9.23. The molecule has 9 heteroatoms. The molecule has 1 aliphatic rings. The number of carbonyl (C=O) groups is 2. The summed E-state index contributed by atoms with van der Waals surface area (Å²) in [5.41, 5.74) is 0.535. The van der Waals surface area contributed by atoms with E-state index in [0.717, 1.165) is 19.3 Å². The lowest BCUT2D eigenvalue weighted by atomic mass is 9.85. The summed E-state index contributed by atoms with van der Waals surface area (Å²) < 4.78 is 13.4. The number of halogens is 1. The fourth-order valence-corrected chi connectivity index (χ4v) is 3.61. The minimum absolute atomic E-state index is 0.0111. The van der Waals surface area contributed by atoms with Gasteiger partial charge in [0, 0.05) is 11.6 Å². The molecule has 2 amide bonds. The van der Waals surface area contributed by atoms with Crippen LogP contribution in [-0.4, -0.2) is 27.8 Å². The quantitative estimate of drug-likeness (QED) is 0.606. The molecule has 0 spiro atoms. The van der Waals surface area contributed by atoms with Gasteiger partial charge in [-0.25, -0.2) is 4.39 Å². The summed E-state index contributed by atoms with van der Waals surface area (Å²) in [5, 5.41) is 13.7. The van der Waals surface area contributed by atoms with Crippen LogP contribution in [0.3, 0.4) is 0 Å². The first-order chi connectivity index (χ1) is 11.6. The Morgan fingerprint density at radius 3 is 2.62 bits per heavy atom. The van der Waals surface area contributed by atoms with Crippen LogP contribution in [0.4, 0.5) is 15.2 Å². The van der Waals surface area contributed by atoms with Gasteiger partial charge in [0.05, 0.1) is 5.75 Å². The summed E-state index contributed by atoms with van der Waals surface area (Å²) in [5.74, 6) is -0.341. The van der Waals surface area contributed by atoms with Gasteiger partial charge in [-0.1, -0.05) is 29.5 Å². The first kappa shape index (κ1) is 16.8. The van der Waals surface area contributed by atoms with Crippen LogP contribution in [0.5, 0.6) is 0 Å². The highest BCUT2D eigenvalue weighted by Crippen LogP contribution is 2.30. The number of nitrogens with zero attached hydrogens (tertiary/aromatic N) is 2. The van der Waals surface area contributed by atoms with Gasteiger partial charge in [-0.2, -0.15) is 0 Å². The van der Waals surface area contributed by atoms with Crippen molar-refractivity contribution in [2.75, 3.05) is 16.4 Å². The molecule has 3 rings (SSSR count). The Bertz CT molecular complexity index is 731. The Kier molecular flexibility index (Phi) is 5.41. The van der Waals surface area contributed by atoms with E-state index in [1.54, 1.807) is 0 Å². The molecular formula is C15H15FN4O2S2. The standard InChI is InChI=1S/C15H15FN4O2S2/c16-10-4-6-11(7-5-10)17-12(21)8-23-15-20-19-14(24-15)18-13(22)9-2-1-3-9/h4-7,9H,1-3,8H2,(H,17,21)(H,18,19,22). The van der Waals surface area contributed by atoms with Crippen LogP contribution in [-0.2, 0) is 9.59 Å². The fourth-order valence-electron chi connectivity index (χ4n) is 2.05. The number of amides is 2. The van der Waals surface area contributed by atoms with E-state index in [0.29, 0.717) is 15.2 Å². The van der Waals surface area contributed by atoms with Crippen LogP contribution in [0.25, 0.3) is 0 Å². The Morgan fingerprint density at radius 1 is 1.21 bits per heavy atom. The summed E-state index contributed by atoms with van der Waals surface area (Å²) >= 11 is 2.48. The molecule has 0 radical (unpaired) electrons. The van der Waals surface area contributed by atoms with Crippen molar-refractivity contribution in [3.8, 4) is 0 Å². The number of nitrogens with one attached hydrogen (secondary N) is 2. The van der Waals surface area contributed by atoms with E-state index < -0.39 is 0 Å². The molecule has 1 heterocycles. The fraction of sp³-hybridized carbons (Fsp3) is 0.333. The maximum Gasteiger partial charge on any atom is 0.234 e. The Labute approximate surface area is 146 Å². The number of carbonyl (C=O) groups excluding carboxylic acids is 2. The summed E-state index contributed by atoms with van der Waals surface area (Å²) in [6, 6.07) is 5.56. The molecule has 0 aliphatic heterocycles. The first-order valence-electron chi connectivity index (χ1n) is 7.43. The zero-order valence-corrected chi connectivity index (χ0v) is 14.3. The molecule has 0 saturated heterocycles. The highest BCUT2D eigenvalue weighted by Gasteiger charge is 2.26. The molecule has 1 aromatic carbocycles. The molecule has 0 atom stereocenters. The smallest absolute Gasteiger partial charge is 0.234 e. The normalized spacial score (nSPS) is 14.0. The molecule has 2 aromatic rings. The minimum atomic E-state index is -0.354. The second-order valence-electron chi connectivity index (χ2n) is 5.33. The van der Waals surface area contributed by atoms with Crippen molar-refractivity contribution in [2.45, 2.75) is 23.6 Å². The van der Waals surface area contributed by atoms with Crippen LogP contribution >= 0.6 is 23.1 Å². The van der Waals surface area contributed by atoms with E-state index in [1.165, 1.54) is 47.4 Å². The van der Waals surface area contributed by atoms with Gasteiger partial charge in [-0.05, 0) is 37.1 Å². The second kappa shape index (κ2) is 7.71. The third-order valence-electron chi connectivity index (χ3n) is 3.57. The molecule has 2 N–H and O–H groups in total. The number of thioether (sulfide) groups is 1. The van der Waals surface area contributed by atoms with Gasteiger partial charge in [0.2, 0.25) is 16.9 Å². The van der Waals surface area contributed by atoms with Gasteiger partial charge < -0.3 is 10.6 Å². The summed E-state index contributed by atoms with van der Waals surface area (Å²) in [6.45, 7) is 0. The van der Waals surface area contributed by atoms with Crippen LogP contribution in [0.1, 0.15) is 19.3 Å². The molecule has 24 heavy (non-hydrogen) atoms. The zero-order valence-electron chi connectivity index (χ0n) is 12.6. The molecule has 6 nitrogen and oxygen atoms in total. The van der Waals surface area contributed by atoms with Crippen LogP contribution in [0.15, 0.2) is 28.6 Å². The molecule has 1 fully saturated rings. The van der Waals surface area contributed by atoms with Gasteiger partial charge in [0.1, 0.15) is 5.82 Å². The largest absolute Gasteiger partial charge is 0.325 e. The lowest BCUT2D eigenvalue weighted by Crippen LogP contribution is -2.27. The van der Waals surface area contributed by atoms with Crippen LogP contribution < -0.4 is 10.6 Å². The van der Waals surface area contributed by atoms with Gasteiger partial charge in [0.25, 0.3) is 0 Å². The van der Waals surface area contributed by atoms with Crippen molar-refractivity contribution in [2.24, 2.45) is 5.92 Å². The minimum Gasteiger partial charge on any atom is -0.325 e. The van der Waals surface area contributed by atoms with E-state index in [9.17, 15) is 14.0 Å². The molecule has 126 valence electrons. The molecule has 1 aromatic heterocycles. The van der Waals surface area contributed by atoms with E-state index >= 15 is 0 Å². The van der Waals surface area contributed by atoms with E-state index in [-0.39, 0.29) is 29.3 Å². The van der Waals surface area contributed by atoms with Crippen molar-refractivity contribution in [3.63, 3.8) is 0 Å². The van der Waals surface area contributed by atoms with E-state index in [1.807, 2.05) is 0 Å². The van der Waals surface area contributed by atoms with Gasteiger partial charge in [-0.3, -0.25) is 9.59 Å². The van der Waals surface area contributed by atoms with Crippen molar-refractivity contribution in [1.29, 1.82) is 0 Å². The molecule has 1 saturated carbocycles. The number of rotatable bonds is 6. The molecule has 1 aliphatic carbocycles. The summed E-state index contributed by atoms with van der Waals surface area (Å²) in [7, 11) is 0. The maximum absolute atomic E-state index is 12.8. The predicted octanol–water partition coefficient (Wildman–Crippen LogP) is 3.15. The van der Waals surface area contributed by atoms with Crippen molar-refractivity contribution < 1.29 is 14.0 Å². The van der Waals surface area contributed by atoms with Gasteiger partial charge in [-0.15, -0.1) is 10.2 Å². The van der Waals surface area contributed by atoms with E-state index in [4.69, 9.17) is 0 Å². The molecule has 0 unspecified atom stereocenters. The Morgan fingerprint density at radius 2 is 1.96 bits per heavy atom. The number of anilines is 2. The molecular weight excluding hydrogens is 351 g/mol. The van der Waals surface area contributed by atoms with Crippen molar-refractivity contribution in [3.05, 3.63) is 30.1 Å². The lowest BCUT2D eigenvalue weighted by Gasteiger charge is -2.23. The second-order valence-corrected chi connectivity index (χ2v) is 7.53. The van der Waals surface area contributed by atoms with Crippen molar-refractivity contribution in [1.82, 2.24) is 10.2 Å². The topological polar surface area (TPSA) is 84.0 Å². The average Bonchev–Trinajstić information content (AvgIpc) is 2.93. The average molecular weight is 366 g/mol. The Balaban J connectivity index is 1.45. The SMILES string of the molecule is O=C(CSc1nnc(NC(=O)C2CCC2)s1)Nc1ccc(F)cc1. The number of hydrogen-bond donors (Lipinski definition) is 2. The van der Waals surface area contributed by atoms with Gasteiger partial charge >= 0.3 is 0 Å². The monoisotopic (exact) mass is 366 g/mol.